The van der Waals surface area contributed by atoms with E-state index in [0.717, 1.165) is 0 Å². The van der Waals surface area contributed by atoms with E-state index < -0.39 is 54.7 Å². The Morgan fingerprint density at radius 3 is 2.53 bits per heavy atom. The molecule has 3 N–H and O–H groups in total. The third-order valence-corrected chi connectivity index (χ3v) is 6.71. The number of alkyl halides is 3. The number of anilines is 1. The number of hydrogen-bond acceptors (Lipinski definition) is 5. The summed E-state index contributed by atoms with van der Waals surface area (Å²) in [6.07, 6.45) is -7.21. The Balaban J connectivity index is 1.71. The summed E-state index contributed by atoms with van der Waals surface area (Å²) in [6, 6.07) is 14.5. The van der Waals surface area contributed by atoms with Crippen LogP contribution >= 0.6 is 0 Å². The molecule has 0 spiro atoms. The number of aliphatic imine (C=N–C) groups is 1. The molecule has 2 aromatic carbocycles. The molecule has 38 heavy (non-hydrogen) atoms. The van der Waals surface area contributed by atoms with Crippen LogP contribution < -0.4 is 20.7 Å². The molecule has 11 heteroatoms. The quantitative estimate of drug-likeness (QED) is 0.516. The van der Waals surface area contributed by atoms with Crippen molar-refractivity contribution in [3.05, 3.63) is 59.7 Å². The Morgan fingerprint density at radius 1 is 1.13 bits per heavy atom. The first kappa shape index (κ1) is 27.2. The summed E-state index contributed by atoms with van der Waals surface area (Å²) < 4.78 is 44.5. The van der Waals surface area contributed by atoms with E-state index in [0.29, 0.717) is 34.7 Å². The smallest absolute Gasteiger partial charge is 0.389 e. The van der Waals surface area contributed by atoms with Crippen molar-refractivity contribution >= 4 is 29.1 Å². The maximum absolute atomic E-state index is 13.7. The van der Waals surface area contributed by atoms with E-state index in [1.165, 1.54) is 4.90 Å². The fraction of sp³-hybridized carbons (Fsp3) is 0.407. The molecule has 0 aliphatic carbocycles. The summed E-state index contributed by atoms with van der Waals surface area (Å²) in [5.41, 5.74) is 7.77. The molecule has 4 rings (SSSR count). The number of para-hydroxylation sites is 1. The number of halogens is 3. The number of primary amides is 1. The molecule has 0 bridgehead atoms. The number of hydrogen-bond donors (Lipinski definition) is 2. The van der Waals surface area contributed by atoms with Gasteiger partial charge < -0.3 is 20.7 Å². The Labute approximate surface area is 218 Å². The molecule has 2 aliphatic rings. The molecule has 2 aromatic rings. The second kappa shape index (κ2) is 11.2. The Hall–Kier alpha value is -3.89. The number of ether oxygens (including phenoxy) is 1. The van der Waals surface area contributed by atoms with Crippen molar-refractivity contribution < 1.29 is 32.3 Å². The Morgan fingerprint density at radius 2 is 1.87 bits per heavy atom. The highest BCUT2D eigenvalue weighted by molar-refractivity contribution is 6.21. The summed E-state index contributed by atoms with van der Waals surface area (Å²) in [5.74, 6) is -4.23. The molecule has 3 amide bonds. The van der Waals surface area contributed by atoms with E-state index >= 15 is 0 Å². The largest absolute Gasteiger partial charge is 0.490 e. The number of rotatable bonds is 9. The van der Waals surface area contributed by atoms with Crippen LogP contribution in [0.2, 0.25) is 0 Å². The molecule has 2 heterocycles. The minimum Gasteiger partial charge on any atom is -0.490 e. The number of benzene rings is 2. The van der Waals surface area contributed by atoms with Gasteiger partial charge >= 0.3 is 6.18 Å². The van der Waals surface area contributed by atoms with E-state index in [1.54, 1.807) is 19.1 Å². The normalized spacial score (nSPS) is 18.4. The van der Waals surface area contributed by atoms with Crippen LogP contribution in [0, 0.1) is 11.8 Å². The van der Waals surface area contributed by atoms with Gasteiger partial charge in [0, 0.05) is 29.4 Å². The molecule has 202 valence electrons. The SMILES string of the molecule is CCCC(C(=O)N[C@H]1N=C(c2ccccc2)c2cccc3c2N(CCO3)C1=O)C(CCC(F)(F)F)C(N)=O. The summed E-state index contributed by atoms with van der Waals surface area (Å²) in [4.78, 5) is 45.4. The second-order valence-corrected chi connectivity index (χ2v) is 9.30. The van der Waals surface area contributed by atoms with Crippen LogP contribution in [0.1, 0.15) is 43.7 Å². The average molecular weight is 531 g/mol. The zero-order valence-corrected chi connectivity index (χ0v) is 20.8. The number of carbonyl (C=O) groups excluding carboxylic acids is 3. The molecule has 8 nitrogen and oxygen atoms in total. The monoisotopic (exact) mass is 530 g/mol. The number of amides is 3. The van der Waals surface area contributed by atoms with Crippen molar-refractivity contribution in [2.45, 2.75) is 44.9 Å². The molecule has 0 aromatic heterocycles. The lowest BCUT2D eigenvalue weighted by Gasteiger charge is -2.31. The molecule has 0 radical (unpaired) electrons. The molecular formula is C27H29F3N4O4. The lowest BCUT2D eigenvalue weighted by molar-refractivity contribution is -0.146. The Bertz CT molecular complexity index is 1230. The summed E-state index contributed by atoms with van der Waals surface area (Å²) in [6.45, 7) is 2.21. The van der Waals surface area contributed by atoms with Crippen molar-refractivity contribution in [3.8, 4) is 5.75 Å². The van der Waals surface area contributed by atoms with Crippen LogP contribution in [0.25, 0.3) is 0 Å². The first-order valence-corrected chi connectivity index (χ1v) is 12.5. The van der Waals surface area contributed by atoms with E-state index in [9.17, 15) is 27.6 Å². The maximum Gasteiger partial charge on any atom is 0.389 e. The van der Waals surface area contributed by atoms with Crippen molar-refractivity contribution in [3.63, 3.8) is 0 Å². The number of carbonyl (C=O) groups is 3. The highest BCUT2D eigenvalue weighted by Gasteiger charge is 2.40. The average Bonchev–Trinajstić information content (AvgIpc) is 3.00. The summed E-state index contributed by atoms with van der Waals surface area (Å²) in [5, 5.41) is 2.62. The van der Waals surface area contributed by atoms with E-state index in [4.69, 9.17) is 10.5 Å². The highest BCUT2D eigenvalue weighted by Crippen LogP contribution is 2.38. The third-order valence-electron chi connectivity index (χ3n) is 6.71. The van der Waals surface area contributed by atoms with Crippen LogP contribution in [0.15, 0.2) is 53.5 Å². The number of nitrogens with two attached hydrogens (primary N) is 1. The maximum atomic E-state index is 13.7. The van der Waals surface area contributed by atoms with E-state index in [1.807, 2.05) is 36.4 Å². The predicted octanol–water partition coefficient (Wildman–Crippen LogP) is 3.57. The van der Waals surface area contributed by atoms with Crippen LogP contribution in [0.5, 0.6) is 5.75 Å². The van der Waals surface area contributed by atoms with Crippen LogP contribution in [-0.4, -0.2) is 48.9 Å². The summed E-state index contributed by atoms with van der Waals surface area (Å²) in [7, 11) is 0. The van der Waals surface area contributed by atoms with E-state index in [2.05, 4.69) is 10.3 Å². The second-order valence-electron chi connectivity index (χ2n) is 9.30. The van der Waals surface area contributed by atoms with Gasteiger partial charge in [0.25, 0.3) is 5.91 Å². The van der Waals surface area contributed by atoms with Crippen LogP contribution in [0.4, 0.5) is 18.9 Å². The van der Waals surface area contributed by atoms with E-state index in [-0.39, 0.29) is 19.6 Å². The van der Waals surface area contributed by atoms with Gasteiger partial charge in [0.1, 0.15) is 12.4 Å². The van der Waals surface area contributed by atoms with Crippen LogP contribution in [0.3, 0.4) is 0 Å². The predicted molar refractivity (Wildman–Crippen MR) is 135 cm³/mol. The molecule has 0 fully saturated rings. The van der Waals surface area contributed by atoms with Gasteiger partial charge in [-0.15, -0.1) is 0 Å². The van der Waals surface area contributed by atoms with Crippen molar-refractivity contribution in [1.82, 2.24) is 5.32 Å². The van der Waals surface area contributed by atoms with Crippen molar-refractivity contribution in [2.75, 3.05) is 18.1 Å². The van der Waals surface area contributed by atoms with Gasteiger partial charge in [-0.05, 0) is 18.9 Å². The van der Waals surface area contributed by atoms with Gasteiger partial charge in [0.2, 0.25) is 18.0 Å². The van der Waals surface area contributed by atoms with Gasteiger partial charge in [-0.2, -0.15) is 13.2 Å². The lowest BCUT2D eigenvalue weighted by atomic mass is 9.83. The Kier molecular flexibility index (Phi) is 8.03. The van der Waals surface area contributed by atoms with Gasteiger partial charge in [-0.25, -0.2) is 4.99 Å². The third kappa shape index (κ3) is 5.81. The molecular weight excluding hydrogens is 501 g/mol. The molecule has 0 saturated heterocycles. The number of nitrogens with one attached hydrogen (secondary N) is 1. The number of nitrogens with zero attached hydrogens (tertiary/aromatic N) is 2. The first-order chi connectivity index (χ1) is 18.1. The van der Waals surface area contributed by atoms with Gasteiger partial charge in [0.05, 0.1) is 17.9 Å². The minimum absolute atomic E-state index is 0.120. The highest BCUT2D eigenvalue weighted by atomic mass is 19.4. The van der Waals surface area contributed by atoms with Gasteiger partial charge in [-0.1, -0.05) is 55.8 Å². The topological polar surface area (TPSA) is 114 Å². The van der Waals surface area contributed by atoms with Crippen molar-refractivity contribution in [2.24, 2.45) is 22.6 Å². The standard InChI is InChI=1S/C27H29F3N4O4/c1-2-7-18(17(23(31)35)12-13-27(28,29)30)25(36)33-24-26(37)34-14-15-38-20-11-6-10-19(22(20)34)21(32-24)16-8-4-3-5-9-16/h3-6,8-11,17-18,24H,2,7,12-15H2,1H3,(H2,31,35)(H,33,36)/t17?,18?,24-/m1/s1. The molecule has 2 unspecified atom stereocenters. The van der Waals surface area contributed by atoms with Gasteiger partial charge in [0.15, 0.2) is 0 Å². The molecule has 3 atom stereocenters. The molecule has 0 saturated carbocycles. The molecule has 2 aliphatic heterocycles. The van der Waals surface area contributed by atoms with Gasteiger partial charge in [-0.3, -0.25) is 14.4 Å². The van der Waals surface area contributed by atoms with Crippen molar-refractivity contribution in [1.29, 1.82) is 0 Å². The van der Waals surface area contributed by atoms with Crippen LogP contribution in [-0.2, 0) is 14.4 Å². The zero-order valence-electron chi connectivity index (χ0n) is 20.8. The first-order valence-electron chi connectivity index (χ1n) is 12.5. The minimum atomic E-state index is -4.51. The fourth-order valence-corrected chi connectivity index (χ4v) is 4.94. The lowest BCUT2D eigenvalue weighted by Crippen LogP contribution is -2.52. The zero-order chi connectivity index (χ0) is 27.4. The fourth-order valence-electron chi connectivity index (χ4n) is 4.94. The summed E-state index contributed by atoms with van der Waals surface area (Å²) >= 11 is 0.